The van der Waals surface area contributed by atoms with Crippen LogP contribution in [0.2, 0.25) is 0 Å². The Morgan fingerprint density at radius 2 is 1.93 bits per heavy atom. The number of carbonyl (C=O) groups is 1. The maximum absolute atomic E-state index is 10.9. The first kappa shape index (κ1) is 11.6. The lowest BCUT2D eigenvalue weighted by Crippen LogP contribution is -2.15. The van der Waals surface area contributed by atoms with E-state index in [0.717, 1.165) is 6.07 Å². The highest BCUT2D eigenvalue weighted by atomic mass is 127. The van der Waals surface area contributed by atoms with E-state index < -0.39 is 18.9 Å². The Morgan fingerprint density at radius 3 is 2.36 bits per heavy atom. The molecule has 0 fully saturated rings. The second-order valence-electron chi connectivity index (χ2n) is 2.51. The van der Waals surface area contributed by atoms with E-state index in [9.17, 15) is 9.36 Å². The summed E-state index contributed by atoms with van der Waals surface area (Å²) in [7, 11) is -4.51. The van der Waals surface area contributed by atoms with Gasteiger partial charge in [0.15, 0.2) is 0 Å². The minimum atomic E-state index is -4.51. The van der Waals surface area contributed by atoms with Gasteiger partial charge in [0.05, 0.1) is 10.9 Å². The zero-order valence-corrected chi connectivity index (χ0v) is 9.77. The van der Waals surface area contributed by atoms with E-state index in [1.54, 1.807) is 0 Å². The molecule has 14 heavy (non-hydrogen) atoms. The van der Waals surface area contributed by atoms with Crippen LogP contribution in [0.4, 0.5) is 0 Å². The van der Waals surface area contributed by atoms with E-state index >= 15 is 0 Å². The zero-order chi connectivity index (χ0) is 10.9. The van der Waals surface area contributed by atoms with Gasteiger partial charge in [-0.05, 0) is 40.8 Å². The Labute approximate surface area is 93.1 Å². The predicted molar refractivity (Wildman–Crippen MR) is 57.8 cm³/mol. The number of benzene rings is 1. The lowest BCUT2D eigenvalue weighted by Gasteiger charge is -2.07. The first-order valence-electron chi connectivity index (χ1n) is 3.41. The molecule has 0 saturated carbocycles. The van der Waals surface area contributed by atoms with E-state index in [1.165, 1.54) is 12.1 Å². The third-order valence-electron chi connectivity index (χ3n) is 1.50. The van der Waals surface area contributed by atoms with Gasteiger partial charge in [-0.3, -0.25) is 4.57 Å². The maximum atomic E-state index is 10.9. The van der Waals surface area contributed by atoms with Crippen molar-refractivity contribution in [3.63, 3.8) is 0 Å². The summed E-state index contributed by atoms with van der Waals surface area (Å²) < 4.78 is 11.5. The molecule has 0 aliphatic heterocycles. The van der Waals surface area contributed by atoms with Gasteiger partial charge in [0.25, 0.3) is 0 Å². The second-order valence-corrected chi connectivity index (χ2v) is 5.33. The summed E-state index contributed by atoms with van der Waals surface area (Å²) >= 11 is 1.87. The summed E-state index contributed by atoms with van der Waals surface area (Å²) in [5, 5.41) is 8.25. The molecule has 0 saturated heterocycles. The molecule has 76 valence electrons. The van der Waals surface area contributed by atoms with E-state index in [4.69, 9.17) is 14.9 Å². The average molecular weight is 328 g/mol. The summed E-state index contributed by atoms with van der Waals surface area (Å²) in [5.41, 5.74) is -0.356. The normalized spacial score (nSPS) is 11.4. The summed E-state index contributed by atoms with van der Waals surface area (Å²) in [6.45, 7) is 0. The smallest absolute Gasteiger partial charge is 0.357 e. The molecular weight excluding hydrogens is 322 g/mol. The standard InChI is InChI=1S/C7H6IO5P/c8-4-1-2-6(14(11,12)13)5(3-4)7(9)10/h1-3H,(H,9,10)(H2,11,12,13). The molecule has 0 unspecified atom stereocenters. The van der Waals surface area contributed by atoms with E-state index in [-0.39, 0.29) is 5.56 Å². The number of rotatable bonds is 2. The molecule has 3 N–H and O–H groups in total. The third kappa shape index (κ3) is 2.54. The molecule has 0 aliphatic carbocycles. The molecule has 7 heteroatoms. The Kier molecular flexibility index (Phi) is 3.31. The Bertz CT molecular complexity index is 424. The van der Waals surface area contributed by atoms with Gasteiger partial charge < -0.3 is 14.9 Å². The molecule has 1 rings (SSSR count). The van der Waals surface area contributed by atoms with E-state index in [1.807, 2.05) is 22.6 Å². The van der Waals surface area contributed by atoms with Crippen LogP contribution >= 0.6 is 30.2 Å². The molecule has 0 aromatic heterocycles. The van der Waals surface area contributed by atoms with Crippen molar-refractivity contribution in [2.75, 3.05) is 0 Å². The van der Waals surface area contributed by atoms with Crippen LogP contribution in [0.25, 0.3) is 0 Å². The van der Waals surface area contributed by atoms with Gasteiger partial charge in [-0.25, -0.2) is 4.79 Å². The van der Waals surface area contributed by atoms with Gasteiger partial charge in [0.2, 0.25) is 0 Å². The van der Waals surface area contributed by atoms with Crippen molar-refractivity contribution in [1.29, 1.82) is 0 Å². The minimum absolute atomic E-state index is 0.356. The van der Waals surface area contributed by atoms with Crippen LogP contribution in [0.1, 0.15) is 10.4 Å². The minimum Gasteiger partial charge on any atom is -0.478 e. The monoisotopic (exact) mass is 328 g/mol. The lowest BCUT2D eigenvalue weighted by molar-refractivity contribution is 0.0697. The maximum Gasteiger partial charge on any atom is 0.357 e. The highest BCUT2D eigenvalue weighted by Crippen LogP contribution is 2.34. The Morgan fingerprint density at radius 1 is 1.36 bits per heavy atom. The molecular formula is C7H6IO5P. The number of hydrogen-bond donors (Lipinski definition) is 3. The van der Waals surface area contributed by atoms with Gasteiger partial charge >= 0.3 is 13.6 Å². The van der Waals surface area contributed by atoms with Crippen molar-refractivity contribution in [3.05, 3.63) is 27.3 Å². The molecule has 5 nitrogen and oxygen atoms in total. The SMILES string of the molecule is O=C(O)c1cc(I)ccc1P(=O)(O)O. The average Bonchev–Trinajstić information content (AvgIpc) is 2.01. The summed E-state index contributed by atoms with van der Waals surface area (Å²) in [5.74, 6) is -1.35. The quantitative estimate of drug-likeness (QED) is 0.551. The molecule has 0 amide bonds. The van der Waals surface area contributed by atoms with Gasteiger partial charge in [-0.2, -0.15) is 0 Å². The number of carboxylic acid groups (broad SMARTS) is 1. The first-order chi connectivity index (χ1) is 6.32. The van der Waals surface area contributed by atoms with Crippen LogP contribution in [-0.2, 0) is 4.57 Å². The van der Waals surface area contributed by atoms with Crippen molar-refractivity contribution in [1.82, 2.24) is 0 Å². The van der Waals surface area contributed by atoms with Gasteiger partial charge in [0, 0.05) is 3.57 Å². The van der Waals surface area contributed by atoms with Crippen molar-refractivity contribution in [2.24, 2.45) is 0 Å². The van der Waals surface area contributed by atoms with Crippen LogP contribution in [-0.4, -0.2) is 20.9 Å². The van der Waals surface area contributed by atoms with E-state index in [2.05, 4.69) is 0 Å². The second kappa shape index (κ2) is 3.98. The summed E-state index contributed by atoms with van der Waals surface area (Å²) in [4.78, 5) is 28.4. The van der Waals surface area contributed by atoms with Crippen LogP contribution < -0.4 is 5.30 Å². The Hall–Kier alpha value is -0.430. The zero-order valence-electron chi connectivity index (χ0n) is 6.72. The fraction of sp³-hybridized carbons (Fsp3) is 0. The van der Waals surface area contributed by atoms with Crippen molar-refractivity contribution in [3.8, 4) is 0 Å². The number of hydrogen-bond acceptors (Lipinski definition) is 2. The van der Waals surface area contributed by atoms with Crippen molar-refractivity contribution in [2.45, 2.75) is 0 Å². The molecule has 1 aromatic carbocycles. The Balaban J connectivity index is 3.45. The largest absolute Gasteiger partial charge is 0.478 e. The van der Waals surface area contributed by atoms with E-state index in [0.29, 0.717) is 3.57 Å². The van der Waals surface area contributed by atoms with Crippen LogP contribution in [0.5, 0.6) is 0 Å². The molecule has 0 radical (unpaired) electrons. The fourth-order valence-corrected chi connectivity index (χ4v) is 2.17. The summed E-state index contributed by atoms with van der Waals surface area (Å²) in [6, 6.07) is 3.80. The lowest BCUT2D eigenvalue weighted by atomic mass is 10.2. The van der Waals surface area contributed by atoms with Gasteiger partial charge in [-0.15, -0.1) is 0 Å². The third-order valence-corrected chi connectivity index (χ3v) is 3.19. The van der Waals surface area contributed by atoms with Crippen LogP contribution in [0.15, 0.2) is 18.2 Å². The van der Waals surface area contributed by atoms with Crippen LogP contribution in [0.3, 0.4) is 0 Å². The molecule has 0 spiro atoms. The molecule has 0 atom stereocenters. The number of carboxylic acids is 1. The van der Waals surface area contributed by atoms with Gasteiger partial charge in [-0.1, -0.05) is 0 Å². The predicted octanol–water partition coefficient (Wildman–Crippen LogP) is 0.792. The fourth-order valence-electron chi connectivity index (χ4n) is 0.934. The van der Waals surface area contributed by atoms with Gasteiger partial charge in [0.1, 0.15) is 0 Å². The molecule has 0 aliphatic rings. The molecule has 0 heterocycles. The molecule has 1 aromatic rings. The highest BCUT2D eigenvalue weighted by molar-refractivity contribution is 14.1. The molecule has 0 bridgehead atoms. The topological polar surface area (TPSA) is 94.8 Å². The summed E-state index contributed by atoms with van der Waals surface area (Å²) in [6.07, 6.45) is 0. The van der Waals surface area contributed by atoms with Crippen molar-refractivity contribution < 1.29 is 24.3 Å². The highest BCUT2D eigenvalue weighted by Gasteiger charge is 2.24. The first-order valence-corrected chi connectivity index (χ1v) is 6.10. The van der Waals surface area contributed by atoms with Crippen LogP contribution in [0, 0.1) is 3.57 Å². The van der Waals surface area contributed by atoms with Crippen molar-refractivity contribution >= 4 is 41.5 Å². The number of aromatic carboxylic acids is 1. The number of halogens is 1.